The molecule has 1 amide bonds. The molecule has 0 bridgehead atoms. The summed E-state index contributed by atoms with van der Waals surface area (Å²) in [4.78, 5) is 12.0. The summed E-state index contributed by atoms with van der Waals surface area (Å²) in [5.74, 6) is 0.441. The van der Waals surface area contributed by atoms with Gasteiger partial charge in [-0.15, -0.1) is 11.6 Å². The molecule has 2 nitrogen and oxygen atoms in total. The van der Waals surface area contributed by atoms with Gasteiger partial charge in [-0.2, -0.15) is 0 Å². The second-order valence-corrected chi connectivity index (χ2v) is 5.78. The summed E-state index contributed by atoms with van der Waals surface area (Å²) in [5, 5.41) is 3.22. The molecule has 1 aliphatic rings. The second kappa shape index (κ2) is 5.75. The molecule has 3 heteroatoms. The molecule has 0 aromatic heterocycles. The number of amides is 1. The van der Waals surface area contributed by atoms with Crippen molar-refractivity contribution < 1.29 is 4.79 Å². The second-order valence-electron chi connectivity index (χ2n) is 5.22. The zero-order valence-corrected chi connectivity index (χ0v) is 11.8. The van der Waals surface area contributed by atoms with Crippen molar-refractivity contribution in [2.24, 2.45) is 5.92 Å². The van der Waals surface area contributed by atoms with E-state index in [2.05, 4.69) is 5.32 Å². The Morgan fingerprint density at radius 2 is 2.11 bits per heavy atom. The number of hydrogen-bond acceptors (Lipinski definition) is 1. The molecule has 1 fully saturated rings. The van der Waals surface area contributed by atoms with E-state index in [1.165, 1.54) is 12.0 Å². The molecular weight excluding hydrogens is 246 g/mol. The highest BCUT2D eigenvalue weighted by Crippen LogP contribution is 2.29. The molecular formula is C15H20ClNO. The van der Waals surface area contributed by atoms with Crippen molar-refractivity contribution in [3.05, 3.63) is 34.9 Å². The maximum atomic E-state index is 12.0. The third-order valence-corrected chi connectivity index (χ3v) is 4.43. The standard InChI is InChI=1S/C15H20ClNO/c1-10-6-7-12(8-11(10)2)15(18)17-9-13-4-3-5-14(13)16/h6-8,13-14H,3-5,9H2,1-2H3,(H,17,18). The first kappa shape index (κ1) is 13.4. The Labute approximate surface area is 114 Å². The minimum Gasteiger partial charge on any atom is -0.352 e. The van der Waals surface area contributed by atoms with Gasteiger partial charge in [-0.1, -0.05) is 12.5 Å². The highest BCUT2D eigenvalue weighted by molar-refractivity contribution is 6.21. The molecule has 0 aliphatic heterocycles. The molecule has 2 rings (SSSR count). The summed E-state index contributed by atoms with van der Waals surface area (Å²) >= 11 is 6.20. The molecule has 1 aliphatic carbocycles. The fourth-order valence-electron chi connectivity index (χ4n) is 2.43. The fraction of sp³-hybridized carbons (Fsp3) is 0.533. The first-order valence-electron chi connectivity index (χ1n) is 6.57. The van der Waals surface area contributed by atoms with E-state index in [0.29, 0.717) is 12.5 Å². The average Bonchev–Trinajstić information content (AvgIpc) is 2.75. The van der Waals surface area contributed by atoms with Crippen molar-refractivity contribution in [3.63, 3.8) is 0 Å². The van der Waals surface area contributed by atoms with Crippen molar-refractivity contribution in [2.45, 2.75) is 38.5 Å². The predicted molar refractivity (Wildman–Crippen MR) is 75.2 cm³/mol. The highest BCUT2D eigenvalue weighted by atomic mass is 35.5. The Balaban J connectivity index is 1.93. The maximum Gasteiger partial charge on any atom is 0.251 e. The van der Waals surface area contributed by atoms with E-state index >= 15 is 0 Å². The third kappa shape index (κ3) is 3.05. The lowest BCUT2D eigenvalue weighted by Gasteiger charge is -2.14. The molecule has 2 unspecified atom stereocenters. The molecule has 98 valence electrons. The van der Waals surface area contributed by atoms with Gasteiger partial charge >= 0.3 is 0 Å². The van der Waals surface area contributed by atoms with E-state index in [-0.39, 0.29) is 11.3 Å². The van der Waals surface area contributed by atoms with Gasteiger partial charge in [0.05, 0.1) is 0 Å². The van der Waals surface area contributed by atoms with Crippen LogP contribution >= 0.6 is 11.6 Å². The van der Waals surface area contributed by atoms with Crippen LogP contribution in [0.2, 0.25) is 0 Å². The Morgan fingerprint density at radius 1 is 1.33 bits per heavy atom. The zero-order valence-electron chi connectivity index (χ0n) is 11.0. The average molecular weight is 266 g/mol. The number of halogens is 1. The van der Waals surface area contributed by atoms with Gasteiger partial charge in [0, 0.05) is 17.5 Å². The van der Waals surface area contributed by atoms with Crippen molar-refractivity contribution in [2.75, 3.05) is 6.54 Å². The summed E-state index contributed by atoms with van der Waals surface area (Å²) in [5.41, 5.74) is 3.10. The van der Waals surface area contributed by atoms with Crippen LogP contribution in [0, 0.1) is 19.8 Å². The van der Waals surface area contributed by atoms with Crippen LogP contribution in [0.5, 0.6) is 0 Å². The molecule has 1 aromatic rings. The number of carbonyl (C=O) groups is 1. The molecule has 1 saturated carbocycles. The Hall–Kier alpha value is -1.02. The van der Waals surface area contributed by atoms with Crippen molar-refractivity contribution in [1.82, 2.24) is 5.32 Å². The highest BCUT2D eigenvalue weighted by Gasteiger charge is 2.25. The van der Waals surface area contributed by atoms with Crippen LogP contribution in [-0.4, -0.2) is 17.8 Å². The van der Waals surface area contributed by atoms with Crippen LogP contribution in [0.3, 0.4) is 0 Å². The summed E-state index contributed by atoms with van der Waals surface area (Å²) in [6.45, 7) is 4.77. The van der Waals surface area contributed by atoms with Gasteiger partial charge in [0.15, 0.2) is 0 Å². The van der Waals surface area contributed by atoms with Crippen LogP contribution in [-0.2, 0) is 0 Å². The number of rotatable bonds is 3. The quantitative estimate of drug-likeness (QED) is 0.834. The Morgan fingerprint density at radius 3 is 2.72 bits per heavy atom. The fourth-order valence-corrected chi connectivity index (χ4v) is 2.80. The summed E-state index contributed by atoms with van der Waals surface area (Å²) in [6, 6.07) is 5.81. The first-order valence-corrected chi connectivity index (χ1v) is 7.01. The van der Waals surface area contributed by atoms with Crippen LogP contribution in [0.1, 0.15) is 40.7 Å². The van der Waals surface area contributed by atoms with E-state index in [9.17, 15) is 4.79 Å². The number of aryl methyl sites for hydroxylation is 2. The predicted octanol–water partition coefficient (Wildman–Crippen LogP) is 3.44. The molecule has 0 saturated heterocycles. The van der Waals surface area contributed by atoms with Gasteiger partial charge in [0.1, 0.15) is 0 Å². The normalized spacial score (nSPS) is 23.1. The molecule has 1 N–H and O–H groups in total. The monoisotopic (exact) mass is 265 g/mol. The smallest absolute Gasteiger partial charge is 0.251 e. The molecule has 0 heterocycles. The van der Waals surface area contributed by atoms with Crippen LogP contribution in [0.25, 0.3) is 0 Å². The van der Waals surface area contributed by atoms with Crippen molar-refractivity contribution in [3.8, 4) is 0 Å². The zero-order chi connectivity index (χ0) is 13.1. The van der Waals surface area contributed by atoms with Gasteiger partial charge in [0.2, 0.25) is 0 Å². The van der Waals surface area contributed by atoms with Gasteiger partial charge in [-0.05, 0) is 55.9 Å². The number of benzene rings is 1. The molecule has 2 atom stereocenters. The summed E-state index contributed by atoms with van der Waals surface area (Å²) in [6.07, 6.45) is 3.38. The summed E-state index contributed by atoms with van der Waals surface area (Å²) in [7, 11) is 0. The lowest BCUT2D eigenvalue weighted by molar-refractivity contribution is 0.0947. The van der Waals surface area contributed by atoms with Crippen LogP contribution in [0.15, 0.2) is 18.2 Å². The molecule has 1 aromatic carbocycles. The van der Waals surface area contributed by atoms with E-state index in [4.69, 9.17) is 11.6 Å². The number of carbonyl (C=O) groups excluding carboxylic acids is 1. The summed E-state index contributed by atoms with van der Waals surface area (Å²) < 4.78 is 0. The lowest BCUT2D eigenvalue weighted by atomic mass is 10.1. The van der Waals surface area contributed by atoms with Gasteiger partial charge in [-0.3, -0.25) is 4.79 Å². The van der Waals surface area contributed by atoms with Crippen molar-refractivity contribution >= 4 is 17.5 Å². The Bertz CT molecular complexity index is 444. The third-order valence-electron chi connectivity index (χ3n) is 3.86. The van der Waals surface area contributed by atoms with Crippen LogP contribution < -0.4 is 5.32 Å². The largest absolute Gasteiger partial charge is 0.352 e. The Kier molecular flexibility index (Phi) is 4.28. The maximum absolute atomic E-state index is 12.0. The SMILES string of the molecule is Cc1ccc(C(=O)NCC2CCCC2Cl)cc1C. The van der Waals surface area contributed by atoms with E-state index in [1.807, 2.05) is 32.0 Å². The molecule has 0 spiro atoms. The number of hydrogen-bond donors (Lipinski definition) is 1. The number of nitrogens with one attached hydrogen (secondary N) is 1. The van der Waals surface area contributed by atoms with Gasteiger partial charge in [0.25, 0.3) is 5.91 Å². The van der Waals surface area contributed by atoms with E-state index < -0.39 is 0 Å². The van der Waals surface area contributed by atoms with Gasteiger partial charge in [-0.25, -0.2) is 0 Å². The lowest BCUT2D eigenvalue weighted by Crippen LogP contribution is -2.31. The minimum atomic E-state index is 0.00821. The molecule has 0 radical (unpaired) electrons. The van der Waals surface area contributed by atoms with Crippen LogP contribution in [0.4, 0.5) is 0 Å². The minimum absolute atomic E-state index is 0.00821. The van der Waals surface area contributed by atoms with Crippen molar-refractivity contribution in [1.29, 1.82) is 0 Å². The topological polar surface area (TPSA) is 29.1 Å². The van der Waals surface area contributed by atoms with E-state index in [1.54, 1.807) is 0 Å². The van der Waals surface area contributed by atoms with Gasteiger partial charge < -0.3 is 5.32 Å². The van der Waals surface area contributed by atoms with E-state index in [0.717, 1.165) is 24.0 Å². The molecule has 18 heavy (non-hydrogen) atoms. The number of alkyl halides is 1. The first-order chi connectivity index (χ1) is 8.58.